The Morgan fingerprint density at radius 3 is 2.59 bits per heavy atom. The second kappa shape index (κ2) is 10.4. The monoisotopic (exact) mass is 404 g/mol. The Balaban J connectivity index is 2.06. The van der Waals surface area contributed by atoms with Gasteiger partial charge in [0.25, 0.3) is 0 Å². The molecular weight excluding hydrogens is 380 g/mol. The summed E-state index contributed by atoms with van der Waals surface area (Å²) in [5.74, 6) is 0.775. The van der Waals surface area contributed by atoms with Gasteiger partial charge >= 0.3 is 0 Å². The summed E-state index contributed by atoms with van der Waals surface area (Å²) in [6, 6.07) is 15.0. The standard InChI is InChI=1S/C21H25ClN2O2S/c1-15-7-4-5-9-18(15)12-24(16(2)21(26)23-3)20(25)14-27-13-17-8-6-10-19(22)11-17/h4-11,16H,12-14H2,1-3H3,(H,23,26)/t16-/m0/s1. The third-order valence-corrected chi connectivity index (χ3v) is 5.62. The fourth-order valence-electron chi connectivity index (χ4n) is 2.73. The third kappa shape index (κ3) is 6.29. The lowest BCUT2D eigenvalue weighted by Crippen LogP contribution is -2.47. The number of carbonyl (C=O) groups excluding carboxylic acids is 2. The van der Waals surface area contributed by atoms with E-state index in [2.05, 4.69) is 5.32 Å². The fraction of sp³-hybridized carbons (Fsp3) is 0.333. The van der Waals surface area contributed by atoms with E-state index in [1.165, 1.54) is 11.8 Å². The number of aryl methyl sites for hydroxylation is 1. The third-order valence-electron chi connectivity index (χ3n) is 4.40. The van der Waals surface area contributed by atoms with Gasteiger partial charge in [0.05, 0.1) is 5.75 Å². The molecule has 0 heterocycles. The van der Waals surface area contributed by atoms with Gasteiger partial charge in [0.1, 0.15) is 6.04 Å². The minimum absolute atomic E-state index is 0.0543. The van der Waals surface area contributed by atoms with Crippen molar-refractivity contribution in [1.29, 1.82) is 0 Å². The van der Waals surface area contributed by atoms with E-state index < -0.39 is 6.04 Å². The lowest BCUT2D eigenvalue weighted by molar-refractivity contribution is -0.138. The number of nitrogens with one attached hydrogen (secondary N) is 1. The molecule has 0 spiro atoms. The minimum Gasteiger partial charge on any atom is -0.357 e. The van der Waals surface area contributed by atoms with Crippen LogP contribution in [-0.2, 0) is 21.9 Å². The van der Waals surface area contributed by atoms with Crippen LogP contribution in [0.3, 0.4) is 0 Å². The van der Waals surface area contributed by atoms with Crippen LogP contribution in [-0.4, -0.2) is 35.6 Å². The predicted molar refractivity (Wildman–Crippen MR) is 113 cm³/mol. The largest absolute Gasteiger partial charge is 0.357 e. The van der Waals surface area contributed by atoms with Crippen molar-refractivity contribution in [3.63, 3.8) is 0 Å². The first kappa shape index (κ1) is 21.3. The summed E-state index contributed by atoms with van der Waals surface area (Å²) >= 11 is 7.53. The second-order valence-corrected chi connectivity index (χ2v) is 7.78. The molecule has 0 aliphatic carbocycles. The summed E-state index contributed by atoms with van der Waals surface area (Å²) in [5, 5.41) is 3.32. The van der Waals surface area contributed by atoms with Crippen molar-refractivity contribution in [3.05, 3.63) is 70.2 Å². The molecule has 0 radical (unpaired) electrons. The van der Waals surface area contributed by atoms with Crippen LogP contribution < -0.4 is 5.32 Å². The van der Waals surface area contributed by atoms with Gasteiger partial charge < -0.3 is 10.2 Å². The number of amides is 2. The molecule has 144 valence electrons. The molecule has 2 aromatic rings. The molecule has 0 bridgehead atoms. The van der Waals surface area contributed by atoms with Crippen LogP contribution in [0.1, 0.15) is 23.6 Å². The normalized spacial score (nSPS) is 11.7. The molecule has 0 aliphatic heterocycles. The van der Waals surface area contributed by atoms with Crippen LogP contribution in [0.15, 0.2) is 48.5 Å². The summed E-state index contributed by atoms with van der Waals surface area (Å²) in [7, 11) is 1.59. The molecule has 2 amide bonds. The molecule has 0 saturated heterocycles. The van der Waals surface area contributed by atoms with Crippen LogP contribution in [0.5, 0.6) is 0 Å². The molecule has 0 fully saturated rings. The van der Waals surface area contributed by atoms with Crippen LogP contribution in [0.25, 0.3) is 0 Å². The fourth-order valence-corrected chi connectivity index (χ4v) is 3.80. The molecule has 1 atom stereocenters. The Morgan fingerprint density at radius 2 is 1.93 bits per heavy atom. The molecular formula is C21H25ClN2O2S. The number of thioether (sulfide) groups is 1. The lowest BCUT2D eigenvalue weighted by atomic mass is 10.1. The molecule has 0 aromatic heterocycles. The molecule has 6 heteroatoms. The number of hydrogen-bond donors (Lipinski definition) is 1. The minimum atomic E-state index is -0.533. The Labute approximate surface area is 170 Å². The molecule has 2 rings (SSSR count). The molecule has 4 nitrogen and oxygen atoms in total. The smallest absolute Gasteiger partial charge is 0.242 e. The molecule has 0 unspecified atom stereocenters. The van der Waals surface area contributed by atoms with Crippen molar-refractivity contribution in [2.45, 2.75) is 32.2 Å². The van der Waals surface area contributed by atoms with Gasteiger partial charge in [-0.3, -0.25) is 9.59 Å². The Bertz CT molecular complexity index is 797. The van der Waals surface area contributed by atoms with Crippen molar-refractivity contribution in [2.75, 3.05) is 12.8 Å². The second-order valence-electron chi connectivity index (χ2n) is 6.36. The summed E-state index contributed by atoms with van der Waals surface area (Å²) < 4.78 is 0. The van der Waals surface area contributed by atoms with E-state index in [4.69, 9.17) is 11.6 Å². The van der Waals surface area contributed by atoms with E-state index in [1.807, 2.05) is 55.5 Å². The Morgan fingerprint density at radius 1 is 1.19 bits per heavy atom. The van der Waals surface area contributed by atoms with Crippen molar-refractivity contribution in [3.8, 4) is 0 Å². The Hall–Kier alpha value is -1.98. The number of hydrogen-bond acceptors (Lipinski definition) is 3. The zero-order valence-corrected chi connectivity index (χ0v) is 17.4. The summed E-state index contributed by atoms with van der Waals surface area (Å²) in [4.78, 5) is 26.7. The van der Waals surface area contributed by atoms with Crippen LogP contribution in [0, 0.1) is 6.92 Å². The van der Waals surface area contributed by atoms with Crippen molar-refractivity contribution in [2.24, 2.45) is 0 Å². The van der Waals surface area contributed by atoms with Gasteiger partial charge in [-0.25, -0.2) is 0 Å². The maximum atomic E-state index is 12.9. The first-order valence-electron chi connectivity index (χ1n) is 8.80. The average Bonchev–Trinajstić information content (AvgIpc) is 2.66. The molecule has 0 saturated carbocycles. The highest BCUT2D eigenvalue weighted by atomic mass is 35.5. The van der Waals surface area contributed by atoms with Crippen LogP contribution in [0.4, 0.5) is 0 Å². The highest BCUT2D eigenvalue weighted by Crippen LogP contribution is 2.19. The Kier molecular flexibility index (Phi) is 8.20. The highest BCUT2D eigenvalue weighted by molar-refractivity contribution is 7.99. The van der Waals surface area contributed by atoms with Gasteiger partial charge in [-0.1, -0.05) is 48.0 Å². The van der Waals surface area contributed by atoms with Crippen molar-refractivity contribution >= 4 is 35.2 Å². The van der Waals surface area contributed by atoms with Gasteiger partial charge in [0, 0.05) is 24.4 Å². The van der Waals surface area contributed by atoms with Gasteiger partial charge in [-0.2, -0.15) is 0 Å². The summed E-state index contributed by atoms with van der Waals surface area (Å²) in [6.07, 6.45) is 0. The van der Waals surface area contributed by atoms with Crippen molar-refractivity contribution in [1.82, 2.24) is 10.2 Å². The zero-order valence-electron chi connectivity index (χ0n) is 15.9. The van der Waals surface area contributed by atoms with Crippen LogP contribution >= 0.6 is 23.4 Å². The van der Waals surface area contributed by atoms with Gasteiger partial charge in [-0.15, -0.1) is 11.8 Å². The van der Waals surface area contributed by atoms with Gasteiger partial charge in [0.15, 0.2) is 0 Å². The first-order valence-corrected chi connectivity index (χ1v) is 10.3. The van der Waals surface area contributed by atoms with E-state index >= 15 is 0 Å². The van der Waals surface area contributed by atoms with Gasteiger partial charge in [0.2, 0.25) is 11.8 Å². The maximum absolute atomic E-state index is 12.9. The maximum Gasteiger partial charge on any atom is 0.242 e. The molecule has 27 heavy (non-hydrogen) atoms. The SMILES string of the molecule is CNC(=O)[C@H](C)N(Cc1ccccc1C)C(=O)CSCc1cccc(Cl)c1. The van der Waals surface area contributed by atoms with Gasteiger partial charge in [-0.05, 0) is 42.7 Å². The lowest BCUT2D eigenvalue weighted by Gasteiger charge is -2.29. The molecule has 0 aliphatic rings. The summed E-state index contributed by atoms with van der Waals surface area (Å²) in [6.45, 7) is 4.19. The van der Waals surface area contributed by atoms with Crippen LogP contribution in [0.2, 0.25) is 5.02 Å². The number of halogens is 1. The predicted octanol–water partition coefficient (Wildman–Crippen LogP) is 4.04. The number of carbonyl (C=O) groups is 2. The van der Waals surface area contributed by atoms with E-state index in [0.717, 1.165) is 16.7 Å². The quantitative estimate of drug-likeness (QED) is 0.722. The average molecular weight is 405 g/mol. The number of likely N-dealkylation sites (N-methyl/N-ethyl adjacent to an activating group) is 1. The van der Waals surface area contributed by atoms with E-state index in [-0.39, 0.29) is 11.8 Å². The van der Waals surface area contributed by atoms with Crippen molar-refractivity contribution < 1.29 is 9.59 Å². The number of benzene rings is 2. The zero-order chi connectivity index (χ0) is 19.8. The van der Waals surface area contributed by atoms with E-state index in [1.54, 1.807) is 18.9 Å². The first-order chi connectivity index (χ1) is 12.9. The topological polar surface area (TPSA) is 49.4 Å². The number of nitrogens with zero attached hydrogens (tertiary/aromatic N) is 1. The van der Waals surface area contributed by atoms with E-state index in [9.17, 15) is 9.59 Å². The highest BCUT2D eigenvalue weighted by Gasteiger charge is 2.25. The molecule has 1 N–H and O–H groups in total. The molecule has 2 aromatic carbocycles. The summed E-state index contributed by atoms with van der Waals surface area (Å²) in [5.41, 5.74) is 3.22. The van der Waals surface area contributed by atoms with E-state index in [0.29, 0.717) is 23.1 Å². The number of rotatable bonds is 8.